The molecule has 0 spiro atoms. The summed E-state index contributed by atoms with van der Waals surface area (Å²) in [6, 6.07) is 5.29. The summed E-state index contributed by atoms with van der Waals surface area (Å²) in [5.41, 5.74) is 5.68. The number of benzene rings is 2. The largest absolute Gasteiger partial charge is 0.573 e. The van der Waals surface area contributed by atoms with Crippen molar-refractivity contribution >= 4 is 33.8 Å². The van der Waals surface area contributed by atoms with Gasteiger partial charge in [0.25, 0.3) is 11.8 Å². The van der Waals surface area contributed by atoms with Crippen LogP contribution in [0.15, 0.2) is 35.7 Å². The van der Waals surface area contributed by atoms with E-state index in [-0.39, 0.29) is 44.9 Å². The summed E-state index contributed by atoms with van der Waals surface area (Å²) in [7, 11) is -4.02. The topological polar surface area (TPSA) is 159 Å². The molecule has 2 fully saturated rings. The number of alkyl halides is 3. The fourth-order valence-electron chi connectivity index (χ4n) is 5.10. The average Bonchev–Trinajstić information content (AvgIpc) is 2.91. The minimum absolute atomic E-state index is 0.227. The number of piperidine rings is 1. The Bertz CT molecular complexity index is 1590. The van der Waals surface area contributed by atoms with Gasteiger partial charge in [-0.3, -0.25) is 14.4 Å². The molecule has 11 nitrogen and oxygen atoms in total. The van der Waals surface area contributed by atoms with Crippen LogP contribution in [-0.4, -0.2) is 84.6 Å². The fourth-order valence-corrected chi connectivity index (χ4v) is 6.27. The van der Waals surface area contributed by atoms with Crippen molar-refractivity contribution < 1.29 is 50.2 Å². The number of carbonyl (C=O) groups excluding carboxylic acids is 3. The lowest BCUT2D eigenvalue weighted by atomic mass is 9.87. The molecule has 4 rings (SSSR count). The third kappa shape index (κ3) is 7.19. The quantitative estimate of drug-likeness (QED) is 0.373. The Morgan fingerprint density at radius 1 is 1.07 bits per heavy atom. The molecule has 3 amide bonds. The van der Waals surface area contributed by atoms with Gasteiger partial charge < -0.3 is 25.8 Å². The standard InChI is InChI=1S/C28H30F4N4O7S/c1-16-11-19(25(39)35-14-20(37)15-35)12-17(2)21(16)5-10-44(41,42)36-8-6-27(7-9-36,26(33)40)34-24(38)18-3-4-22(29)23(13-18)43-28(30,31)32/h3-5,10-13,20,37H,6-9,14-15H2,1-2H3,(H2,33,40)(H,34,38). The third-order valence-electron chi connectivity index (χ3n) is 7.58. The maximum absolute atomic E-state index is 13.8. The van der Waals surface area contributed by atoms with Gasteiger partial charge in [0.1, 0.15) is 5.54 Å². The number of hydrogen-bond acceptors (Lipinski definition) is 7. The Labute approximate surface area is 250 Å². The summed E-state index contributed by atoms with van der Waals surface area (Å²) in [6.07, 6.45) is -4.84. The predicted molar refractivity (Wildman–Crippen MR) is 149 cm³/mol. The van der Waals surface area contributed by atoms with E-state index in [2.05, 4.69) is 10.1 Å². The zero-order valence-corrected chi connectivity index (χ0v) is 24.5. The molecule has 0 bridgehead atoms. The third-order valence-corrected chi connectivity index (χ3v) is 9.14. The molecule has 16 heteroatoms. The molecule has 0 radical (unpaired) electrons. The molecule has 0 unspecified atom stereocenters. The summed E-state index contributed by atoms with van der Waals surface area (Å²) in [5.74, 6) is -4.87. The molecule has 2 aliphatic heterocycles. The van der Waals surface area contributed by atoms with Gasteiger partial charge in [0.15, 0.2) is 11.6 Å². The molecule has 0 saturated carbocycles. The monoisotopic (exact) mass is 642 g/mol. The molecule has 238 valence electrons. The van der Waals surface area contributed by atoms with E-state index in [9.17, 15) is 45.5 Å². The lowest BCUT2D eigenvalue weighted by Crippen LogP contribution is -2.62. The van der Waals surface area contributed by atoms with Gasteiger partial charge in [-0.15, -0.1) is 13.2 Å². The second kappa shape index (κ2) is 12.2. The molecular formula is C28H30F4N4O7S. The molecule has 2 saturated heterocycles. The number of aliphatic hydroxyl groups excluding tert-OH is 1. The van der Waals surface area contributed by atoms with Crippen LogP contribution in [0.4, 0.5) is 17.6 Å². The molecule has 2 heterocycles. The van der Waals surface area contributed by atoms with Crippen LogP contribution in [0, 0.1) is 19.7 Å². The van der Waals surface area contributed by atoms with Crippen LogP contribution in [0.25, 0.3) is 6.08 Å². The van der Waals surface area contributed by atoms with Crippen molar-refractivity contribution in [3.63, 3.8) is 0 Å². The van der Waals surface area contributed by atoms with Crippen LogP contribution in [0.5, 0.6) is 5.75 Å². The van der Waals surface area contributed by atoms with E-state index in [0.29, 0.717) is 34.4 Å². The van der Waals surface area contributed by atoms with Gasteiger partial charge in [-0.25, -0.2) is 12.8 Å². The van der Waals surface area contributed by atoms with Gasteiger partial charge in [0, 0.05) is 42.7 Å². The average molecular weight is 643 g/mol. The molecule has 0 atom stereocenters. The van der Waals surface area contributed by atoms with Gasteiger partial charge in [0.2, 0.25) is 15.9 Å². The normalized spacial score (nSPS) is 17.8. The van der Waals surface area contributed by atoms with Crippen LogP contribution in [0.3, 0.4) is 0 Å². The van der Waals surface area contributed by atoms with Gasteiger partial charge in [-0.2, -0.15) is 4.31 Å². The minimum Gasteiger partial charge on any atom is -0.403 e. The van der Waals surface area contributed by atoms with E-state index in [0.717, 1.165) is 15.8 Å². The molecule has 44 heavy (non-hydrogen) atoms. The number of halogens is 4. The number of aryl methyl sites for hydroxylation is 2. The van der Waals surface area contributed by atoms with Crippen molar-refractivity contribution in [1.29, 1.82) is 0 Å². The zero-order valence-electron chi connectivity index (χ0n) is 23.7. The number of β-amino-alcohol motifs (C(OH)–C–C–N with tert-alkyl or cyclic N) is 1. The van der Waals surface area contributed by atoms with Crippen molar-refractivity contribution in [2.24, 2.45) is 5.73 Å². The van der Waals surface area contributed by atoms with Crippen molar-refractivity contribution in [2.75, 3.05) is 26.2 Å². The number of nitrogens with two attached hydrogens (primary N) is 1. The van der Waals surface area contributed by atoms with Gasteiger partial charge >= 0.3 is 6.36 Å². The number of aliphatic hydroxyl groups is 1. The minimum atomic E-state index is -5.21. The Balaban J connectivity index is 1.45. The van der Waals surface area contributed by atoms with Gasteiger partial charge in [-0.05, 0) is 79.8 Å². The first-order valence-corrected chi connectivity index (χ1v) is 14.9. The molecule has 0 aromatic heterocycles. The van der Waals surface area contributed by atoms with E-state index in [4.69, 9.17) is 5.73 Å². The fraction of sp³-hybridized carbons (Fsp3) is 0.393. The van der Waals surface area contributed by atoms with E-state index < -0.39 is 57.0 Å². The number of sulfonamides is 1. The number of amides is 3. The maximum atomic E-state index is 13.8. The Kier molecular flexibility index (Phi) is 9.09. The lowest BCUT2D eigenvalue weighted by molar-refractivity contribution is -0.275. The van der Waals surface area contributed by atoms with Gasteiger partial charge in [-0.1, -0.05) is 0 Å². The first-order chi connectivity index (χ1) is 20.4. The summed E-state index contributed by atoms with van der Waals surface area (Å²) in [6.45, 7) is 3.49. The second-order valence-corrected chi connectivity index (χ2v) is 12.5. The Hall–Kier alpha value is -4.02. The molecule has 0 aliphatic carbocycles. The maximum Gasteiger partial charge on any atom is 0.573 e. The second-order valence-electron chi connectivity index (χ2n) is 10.7. The summed E-state index contributed by atoms with van der Waals surface area (Å²) in [5, 5.41) is 12.8. The van der Waals surface area contributed by atoms with Crippen molar-refractivity contribution in [3.8, 4) is 5.75 Å². The Morgan fingerprint density at radius 2 is 1.66 bits per heavy atom. The number of nitrogens with zero attached hydrogens (tertiary/aromatic N) is 2. The first-order valence-electron chi connectivity index (χ1n) is 13.4. The summed E-state index contributed by atoms with van der Waals surface area (Å²) < 4.78 is 82.5. The van der Waals surface area contributed by atoms with E-state index in [1.54, 1.807) is 26.0 Å². The van der Waals surface area contributed by atoms with Crippen molar-refractivity contribution in [2.45, 2.75) is 44.7 Å². The van der Waals surface area contributed by atoms with Crippen molar-refractivity contribution in [1.82, 2.24) is 14.5 Å². The molecule has 2 aromatic carbocycles. The highest BCUT2D eigenvalue weighted by molar-refractivity contribution is 7.92. The molecule has 2 aliphatic rings. The lowest BCUT2D eigenvalue weighted by Gasteiger charge is -2.39. The molecule has 4 N–H and O–H groups in total. The highest BCUT2D eigenvalue weighted by atomic mass is 32.2. The highest BCUT2D eigenvalue weighted by Crippen LogP contribution is 2.29. The van der Waals surface area contributed by atoms with Crippen LogP contribution < -0.4 is 15.8 Å². The smallest absolute Gasteiger partial charge is 0.403 e. The van der Waals surface area contributed by atoms with Crippen LogP contribution in [0.1, 0.15) is 50.2 Å². The highest BCUT2D eigenvalue weighted by Gasteiger charge is 2.43. The van der Waals surface area contributed by atoms with E-state index in [1.807, 2.05) is 0 Å². The number of carbonyl (C=O) groups is 3. The van der Waals surface area contributed by atoms with E-state index >= 15 is 0 Å². The number of primary amides is 1. The Morgan fingerprint density at radius 3 is 2.18 bits per heavy atom. The number of hydrogen-bond donors (Lipinski definition) is 3. The van der Waals surface area contributed by atoms with Crippen LogP contribution in [0.2, 0.25) is 0 Å². The SMILES string of the molecule is Cc1cc(C(=O)N2CC(O)C2)cc(C)c1C=CS(=O)(=O)N1CCC(NC(=O)c2ccc(F)c(OC(F)(F)F)c2)(C(N)=O)CC1. The number of nitrogens with one attached hydrogen (secondary N) is 1. The number of rotatable bonds is 8. The van der Waals surface area contributed by atoms with Crippen LogP contribution in [-0.2, 0) is 14.8 Å². The molecule has 2 aromatic rings. The number of likely N-dealkylation sites (tertiary alicyclic amines) is 1. The zero-order chi connectivity index (χ0) is 32.6. The first kappa shape index (κ1) is 32.9. The predicted octanol–water partition coefficient (Wildman–Crippen LogP) is 2.21. The van der Waals surface area contributed by atoms with Crippen molar-refractivity contribution in [3.05, 3.63) is 69.4 Å². The van der Waals surface area contributed by atoms with Gasteiger partial charge in [0.05, 0.1) is 6.10 Å². The summed E-state index contributed by atoms with van der Waals surface area (Å²) >= 11 is 0. The summed E-state index contributed by atoms with van der Waals surface area (Å²) in [4.78, 5) is 39.4. The molecular weight excluding hydrogens is 612 g/mol. The van der Waals surface area contributed by atoms with E-state index in [1.165, 1.54) is 11.0 Å². The number of ether oxygens (including phenoxy) is 1. The van der Waals surface area contributed by atoms with Crippen LogP contribution >= 0.6 is 0 Å².